The molecule has 3 aliphatic rings. The van der Waals surface area contributed by atoms with E-state index in [-0.39, 0.29) is 68.8 Å². The molecule has 182 valence electrons. The second-order valence-electron chi connectivity index (χ2n) is 8.79. The Morgan fingerprint density at radius 2 is 1.52 bits per heavy atom. The first-order valence-electron chi connectivity index (χ1n) is 10.8. The van der Waals surface area contributed by atoms with E-state index >= 15 is 0 Å². The smallest absolute Gasteiger partial charge is 0.326 e. The highest BCUT2D eigenvalue weighted by Gasteiger charge is 2.39. The number of carbonyl (C=O) groups excluding carboxylic acids is 1. The highest BCUT2D eigenvalue weighted by Crippen LogP contribution is 2.30. The molecule has 33 heavy (non-hydrogen) atoms. The quantitative estimate of drug-likeness (QED) is 0.250. The van der Waals surface area contributed by atoms with Crippen molar-refractivity contribution in [2.24, 2.45) is 11.5 Å². The molecule has 4 heterocycles. The Labute approximate surface area is 190 Å². The first kappa shape index (κ1) is 23.5. The van der Waals surface area contributed by atoms with Gasteiger partial charge in [0, 0.05) is 38.3 Å². The summed E-state index contributed by atoms with van der Waals surface area (Å²) >= 11 is 0. The molecule has 4 rings (SSSR count). The van der Waals surface area contributed by atoms with Crippen LogP contribution in [-0.2, 0) is 19.7 Å². The lowest BCUT2D eigenvalue weighted by molar-refractivity contribution is -0.138. The van der Waals surface area contributed by atoms with Gasteiger partial charge in [0.05, 0.1) is 11.3 Å². The van der Waals surface area contributed by atoms with Crippen LogP contribution in [0.2, 0.25) is 0 Å². The van der Waals surface area contributed by atoms with Gasteiger partial charge in [-0.2, -0.15) is 23.4 Å². The number of carboxylic acids is 1. The number of aldehydes is 1. The van der Waals surface area contributed by atoms with E-state index in [0.717, 1.165) is 6.29 Å². The standard InChI is InChI=1S/C18H28N8O6S/c19-10-5-12(9-27)25(7-10)17-21-16(24-3-1-13(2-4-24)33(30,31)32)22-18(23-17)26-8-11(20)6-14(26)15(28)29/h9-14H,1-8,19-20H2,(H,28,29)(H,30,31,32). The first-order chi connectivity index (χ1) is 15.6. The van der Waals surface area contributed by atoms with Gasteiger partial charge in [-0.15, -0.1) is 0 Å². The fraction of sp³-hybridized carbons (Fsp3) is 0.722. The molecule has 1 aromatic rings. The van der Waals surface area contributed by atoms with Crippen LogP contribution in [0.25, 0.3) is 0 Å². The van der Waals surface area contributed by atoms with Gasteiger partial charge in [0.15, 0.2) is 0 Å². The number of hydrogen-bond acceptors (Lipinski definition) is 12. The van der Waals surface area contributed by atoms with Crippen LogP contribution in [0, 0.1) is 0 Å². The van der Waals surface area contributed by atoms with Gasteiger partial charge in [-0.3, -0.25) is 4.55 Å². The summed E-state index contributed by atoms with van der Waals surface area (Å²) in [6.07, 6.45) is 1.82. The molecule has 0 bridgehead atoms. The van der Waals surface area contributed by atoms with Gasteiger partial charge in [0.25, 0.3) is 10.1 Å². The number of aromatic nitrogens is 3. The molecular weight excluding hydrogens is 456 g/mol. The number of aliphatic carboxylic acids is 1. The van der Waals surface area contributed by atoms with E-state index in [4.69, 9.17) is 11.5 Å². The molecule has 0 saturated carbocycles. The van der Waals surface area contributed by atoms with Gasteiger partial charge in [-0.1, -0.05) is 0 Å². The molecule has 0 aliphatic carbocycles. The number of anilines is 3. The van der Waals surface area contributed by atoms with Gasteiger partial charge in [-0.25, -0.2) is 4.79 Å². The highest BCUT2D eigenvalue weighted by molar-refractivity contribution is 7.86. The maximum atomic E-state index is 11.8. The van der Waals surface area contributed by atoms with Gasteiger partial charge in [-0.05, 0) is 25.7 Å². The Bertz CT molecular complexity index is 1020. The predicted molar refractivity (Wildman–Crippen MR) is 118 cm³/mol. The normalized spacial score (nSPS) is 29.0. The molecule has 15 heteroatoms. The maximum absolute atomic E-state index is 11.8. The number of nitrogens with two attached hydrogens (primary N) is 2. The van der Waals surface area contributed by atoms with Gasteiger partial charge in [0.1, 0.15) is 12.3 Å². The summed E-state index contributed by atoms with van der Waals surface area (Å²) in [4.78, 5) is 41.8. The van der Waals surface area contributed by atoms with Gasteiger partial charge < -0.3 is 36.1 Å². The molecule has 6 N–H and O–H groups in total. The Kier molecular flexibility index (Phi) is 6.39. The molecule has 4 unspecified atom stereocenters. The summed E-state index contributed by atoms with van der Waals surface area (Å²) in [5.74, 6) is -0.494. The lowest BCUT2D eigenvalue weighted by atomic mass is 10.1. The second kappa shape index (κ2) is 8.96. The van der Waals surface area contributed by atoms with E-state index in [9.17, 15) is 27.7 Å². The molecule has 14 nitrogen and oxygen atoms in total. The predicted octanol–water partition coefficient (Wildman–Crippen LogP) is -2.18. The largest absolute Gasteiger partial charge is 0.480 e. The fourth-order valence-electron chi connectivity index (χ4n) is 4.68. The van der Waals surface area contributed by atoms with Crippen LogP contribution in [0.4, 0.5) is 17.8 Å². The van der Waals surface area contributed by atoms with Crippen molar-refractivity contribution in [2.75, 3.05) is 40.9 Å². The monoisotopic (exact) mass is 484 g/mol. The molecule has 0 aromatic carbocycles. The average Bonchev–Trinajstić information content (AvgIpc) is 3.35. The van der Waals surface area contributed by atoms with Crippen molar-refractivity contribution in [3.8, 4) is 0 Å². The van der Waals surface area contributed by atoms with Crippen LogP contribution in [-0.4, -0.2) is 101 Å². The van der Waals surface area contributed by atoms with Crippen molar-refractivity contribution >= 4 is 40.2 Å². The van der Waals surface area contributed by atoms with Crippen molar-refractivity contribution in [3.63, 3.8) is 0 Å². The minimum atomic E-state index is -4.14. The maximum Gasteiger partial charge on any atom is 0.326 e. The zero-order chi connectivity index (χ0) is 23.9. The average molecular weight is 485 g/mol. The van der Waals surface area contributed by atoms with E-state index in [2.05, 4.69) is 15.0 Å². The Balaban J connectivity index is 1.70. The lowest BCUT2D eigenvalue weighted by Gasteiger charge is -2.32. The topological polar surface area (TPSA) is 209 Å². The number of nitrogens with zero attached hydrogens (tertiary/aromatic N) is 6. The molecule has 4 atom stereocenters. The summed E-state index contributed by atoms with van der Waals surface area (Å²) in [7, 11) is -4.14. The number of piperidine rings is 1. The van der Waals surface area contributed by atoms with Crippen LogP contribution >= 0.6 is 0 Å². The van der Waals surface area contributed by atoms with Crippen molar-refractivity contribution < 1.29 is 27.7 Å². The van der Waals surface area contributed by atoms with Gasteiger partial charge in [0.2, 0.25) is 17.8 Å². The molecule has 0 amide bonds. The van der Waals surface area contributed by atoms with Crippen LogP contribution < -0.4 is 26.2 Å². The molecule has 3 fully saturated rings. The number of carbonyl (C=O) groups is 2. The van der Waals surface area contributed by atoms with E-state index in [1.165, 1.54) is 4.90 Å². The first-order valence-corrected chi connectivity index (χ1v) is 12.3. The third-order valence-electron chi connectivity index (χ3n) is 6.41. The van der Waals surface area contributed by atoms with E-state index in [0.29, 0.717) is 13.0 Å². The summed E-state index contributed by atoms with van der Waals surface area (Å²) in [6, 6.07) is -2.05. The van der Waals surface area contributed by atoms with Crippen molar-refractivity contribution in [1.82, 2.24) is 15.0 Å². The zero-order valence-corrected chi connectivity index (χ0v) is 18.7. The van der Waals surface area contributed by atoms with E-state index in [1.807, 2.05) is 0 Å². The minimum Gasteiger partial charge on any atom is -0.480 e. The Hall–Kier alpha value is -2.62. The number of carboxylic acid groups (broad SMARTS) is 1. The van der Waals surface area contributed by atoms with E-state index < -0.39 is 33.4 Å². The van der Waals surface area contributed by atoms with Crippen LogP contribution in [0.3, 0.4) is 0 Å². The summed E-state index contributed by atoms with van der Waals surface area (Å²) in [5, 5.41) is 8.79. The number of hydrogen-bond donors (Lipinski definition) is 4. The minimum absolute atomic E-state index is 0.123. The van der Waals surface area contributed by atoms with Gasteiger partial charge >= 0.3 is 5.97 Å². The SMILES string of the molecule is NC1CC(C=O)N(c2nc(N3CCC(S(=O)(=O)O)CC3)nc(N3CC(N)CC3C(=O)O)n2)C1. The van der Waals surface area contributed by atoms with Crippen LogP contribution in [0.15, 0.2) is 0 Å². The van der Waals surface area contributed by atoms with E-state index in [1.54, 1.807) is 9.80 Å². The highest BCUT2D eigenvalue weighted by atomic mass is 32.2. The summed E-state index contributed by atoms with van der Waals surface area (Å²) < 4.78 is 32.3. The third-order valence-corrected chi connectivity index (χ3v) is 7.73. The Morgan fingerprint density at radius 3 is 2.09 bits per heavy atom. The van der Waals surface area contributed by atoms with Crippen LogP contribution in [0.1, 0.15) is 25.7 Å². The fourth-order valence-corrected chi connectivity index (χ4v) is 5.48. The van der Waals surface area contributed by atoms with Crippen molar-refractivity contribution in [2.45, 2.75) is 55.1 Å². The lowest BCUT2D eigenvalue weighted by Crippen LogP contribution is -2.42. The van der Waals surface area contributed by atoms with Crippen LogP contribution in [0.5, 0.6) is 0 Å². The molecule has 0 spiro atoms. The Morgan fingerprint density at radius 1 is 0.970 bits per heavy atom. The van der Waals surface area contributed by atoms with Crippen molar-refractivity contribution in [1.29, 1.82) is 0 Å². The summed E-state index contributed by atoms with van der Waals surface area (Å²) in [6.45, 7) is 1.12. The third kappa shape index (κ3) is 4.85. The number of rotatable bonds is 6. The summed E-state index contributed by atoms with van der Waals surface area (Å²) in [5.41, 5.74) is 12.0. The second-order valence-corrected chi connectivity index (χ2v) is 10.5. The molecular formula is C18H28N8O6S. The molecule has 3 aliphatic heterocycles. The molecule has 0 radical (unpaired) electrons. The zero-order valence-electron chi connectivity index (χ0n) is 17.9. The van der Waals surface area contributed by atoms with Crippen molar-refractivity contribution in [3.05, 3.63) is 0 Å². The molecule has 1 aromatic heterocycles. The molecule has 3 saturated heterocycles.